The number of hydrogen-bond donors (Lipinski definition) is 1. The van der Waals surface area contributed by atoms with Gasteiger partial charge in [0.2, 0.25) is 0 Å². The van der Waals surface area contributed by atoms with Crippen molar-refractivity contribution in [1.82, 2.24) is 4.90 Å². The number of likely N-dealkylation sites (tertiary alicyclic amines) is 1. The SMILES string of the molecule is NC(=S)c1cccc(CN2CCCC(C(F)(F)F)C2)c1F. The fraction of sp³-hybridized carbons (Fsp3) is 0.500. The smallest absolute Gasteiger partial charge is 0.389 e. The average molecular weight is 320 g/mol. The summed E-state index contributed by atoms with van der Waals surface area (Å²) in [4.78, 5) is 1.57. The van der Waals surface area contributed by atoms with Gasteiger partial charge in [0.25, 0.3) is 0 Å². The van der Waals surface area contributed by atoms with Crippen LogP contribution in [0.5, 0.6) is 0 Å². The molecule has 1 unspecified atom stereocenters. The summed E-state index contributed by atoms with van der Waals surface area (Å²) in [6.45, 7) is 0.568. The Kier molecular flexibility index (Phi) is 4.83. The van der Waals surface area contributed by atoms with Crippen LogP contribution in [0.1, 0.15) is 24.0 Å². The van der Waals surface area contributed by atoms with E-state index in [-0.39, 0.29) is 30.1 Å². The number of thiocarbonyl (C=S) groups is 1. The summed E-state index contributed by atoms with van der Waals surface area (Å²) in [5.41, 5.74) is 5.88. The number of alkyl halides is 3. The maximum atomic E-state index is 14.2. The summed E-state index contributed by atoms with van der Waals surface area (Å²) in [5, 5.41) is 0. The molecule has 2 nitrogen and oxygen atoms in total. The third-order valence-corrected chi connectivity index (χ3v) is 3.93. The van der Waals surface area contributed by atoms with E-state index in [0.29, 0.717) is 18.5 Å². The summed E-state index contributed by atoms with van der Waals surface area (Å²) in [6, 6.07) is 4.63. The number of rotatable bonds is 3. The summed E-state index contributed by atoms with van der Waals surface area (Å²) < 4.78 is 52.5. The molecule has 0 amide bonds. The molecule has 1 heterocycles. The van der Waals surface area contributed by atoms with E-state index in [4.69, 9.17) is 18.0 Å². The van der Waals surface area contributed by atoms with Crippen molar-refractivity contribution in [1.29, 1.82) is 0 Å². The highest BCUT2D eigenvalue weighted by Gasteiger charge is 2.41. The molecule has 1 fully saturated rings. The van der Waals surface area contributed by atoms with Crippen LogP contribution in [0.4, 0.5) is 17.6 Å². The third-order valence-electron chi connectivity index (χ3n) is 3.71. The molecular weight excluding hydrogens is 304 g/mol. The molecule has 1 aromatic carbocycles. The van der Waals surface area contributed by atoms with Crippen molar-refractivity contribution in [3.63, 3.8) is 0 Å². The Balaban J connectivity index is 2.12. The quantitative estimate of drug-likeness (QED) is 0.685. The van der Waals surface area contributed by atoms with Gasteiger partial charge in [-0.15, -0.1) is 0 Å². The van der Waals surface area contributed by atoms with E-state index in [1.807, 2.05) is 0 Å². The van der Waals surface area contributed by atoms with E-state index in [2.05, 4.69) is 0 Å². The zero-order valence-electron chi connectivity index (χ0n) is 11.3. The van der Waals surface area contributed by atoms with E-state index in [9.17, 15) is 17.6 Å². The molecule has 1 aromatic rings. The van der Waals surface area contributed by atoms with E-state index in [1.165, 1.54) is 6.07 Å². The standard InChI is InChI=1S/C14H16F4N2S/c15-12-9(3-1-5-11(12)13(19)21)7-20-6-2-4-10(8-20)14(16,17)18/h1,3,5,10H,2,4,6-8H2,(H2,19,21). The lowest BCUT2D eigenvalue weighted by molar-refractivity contribution is -0.187. The number of piperidine rings is 1. The first-order valence-corrected chi connectivity index (χ1v) is 7.06. The molecular formula is C14H16F4N2S. The van der Waals surface area contributed by atoms with Gasteiger partial charge in [0.1, 0.15) is 10.8 Å². The zero-order valence-corrected chi connectivity index (χ0v) is 12.1. The lowest BCUT2D eigenvalue weighted by atomic mass is 9.97. The summed E-state index contributed by atoms with van der Waals surface area (Å²) in [5.74, 6) is -1.88. The Hall–Kier alpha value is -1.21. The zero-order chi connectivity index (χ0) is 15.6. The Morgan fingerprint density at radius 3 is 2.71 bits per heavy atom. The summed E-state index contributed by atoms with van der Waals surface area (Å²) in [7, 11) is 0. The number of nitrogens with two attached hydrogens (primary N) is 1. The predicted octanol–water partition coefficient (Wildman–Crippen LogP) is 3.23. The summed E-state index contributed by atoms with van der Waals surface area (Å²) in [6.07, 6.45) is -3.60. The van der Waals surface area contributed by atoms with Gasteiger partial charge in [-0.25, -0.2) is 4.39 Å². The molecule has 2 N–H and O–H groups in total. The Morgan fingerprint density at radius 1 is 1.38 bits per heavy atom. The van der Waals surface area contributed by atoms with Gasteiger partial charge < -0.3 is 5.73 Å². The first-order chi connectivity index (χ1) is 9.79. The van der Waals surface area contributed by atoms with Crippen LogP contribution in [0.2, 0.25) is 0 Å². The lowest BCUT2D eigenvalue weighted by Gasteiger charge is -2.33. The molecule has 0 bridgehead atoms. The van der Waals surface area contributed by atoms with Gasteiger partial charge in [-0.3, -0.25) is 4.90 Å². The predicted molar refractivity (Wildman–Crippen MR) is 76.3 cm³/mol. The van der Waals surface area contributed by atoms with Crippen LogP contribution in [0.25, 0.3) is 0 Å². The third kappa shape index (κ3) is 3.91. The van der Waals surface area contributed by atoms with Crippen molar-refractivity contribution < 1.29 is 17.6 Å². The van der Waals surface area contributed by atoms with E-state index in [1.54, 1.807) is 17.0 Å². The Bertz CT molecular complexity index is 530. The summed E-state index contributed by atoms with van der Waals surface area (Å²) >= 11 is 4.76. The van der Waals surface area contributed by atoms with Gasteiger partial charge in [0.15, 0.2) is 0 Å². The van der Waals surface area contributed by atoms with Crippen molar-refractivity contribution in [2.75, 3.05) is 13.1 Å². The average Bonchev–Trinajstić information content (AvgIpc) is 2.40. The number of halogens is 4. The molecule has 116 valence electrons. The van der Waals surface area contributed by atoms with Crippen molar-refractivity contribution in [2.45, 2.75) is 25.6 Å². The van der Waals surface area contributed by atoms with Crippen LogP contribution in [-0.4, -0.2) is 29.2 Å². The Labute approximate surface area is 125 Å². The maximum absolute atomic E-state index is 14.2. The fourth-order valence-corrected chi connectivity index (χ4v) is 2.76. The highest BCUT2D eigenvalue weighted by molar-refractivity contribution is 7.80. The van der Waals surface area contributed by atoms with Crippen LogP contribution in [0, 0.1) is 11.7 Å². The monoisotopic (exact) mass is 320 g/mol. The molecule has 1 saturated heterocycles. The molecule has 1 aliphatic heterocycles. The molecule has 0 spiro atoms. The normalized spacial score (nSPS) is 20.5. The molecule has 0 radical (unpaired) electrons. The molecule has 2 rings (SSSR count). The van der Waals surface area contributed by atoms with Crippen LogP contribution in [0.3, 0.4) is 0 Å². The topological polar surface area (TPSA) is 29.3 Å². The van der Waals surface area contributed by atoms with E-state index >= 15 is 0 Å². The highest BCUT2D eigenvalue weighted by atomic mass is 32.1. The molecule has 0 aliphatic carbocycles. The molecule has 0 saturated carbocycles. The second-order valence-corrected chi connectivity index (χ2v) is 5.70. The first kappa shape index (κ1) is 16.2. The van der Waals surface area contributed by atoms with Crippen molar-refractivity contribution in [3.8, 4) is 0 Å². The van der Waals surface area contributed by atoms with Crippen LogP contribution in [-0.2, 0) is 6.54 Å². The van der Waals surface area contributed by atoms with Gasteiger partial charge in [-0.2, -0.15) is 13.2 Å². The molecule has 1 aliphatic rings. The van der Waals surface area contributed by atoms with Gasteiger partial charge >= 0.3 is 6.18 Å². The van der Waals surface area contributed by atoms with Crippen molar-refractivity contribution >= 4 is 17.2 Å². The van der Waals surface area contributed by atoms with Crippen LogP contribution >= 0.6 is 12.2 Å². The maximum Gasteiger partial charge on any atom is 0.393 e. The van der Waals surface area contributed by atoms with Gasteiger partial charge in [-0.05, 0) is 25.5 Å². The van der Waals surface area contributed by atoms with Gasteiger partial charge in [0.05, 0.1) is 5.92 Å². The minimum atomic E-state index is -4.20. The van der Waals surface area contributed by atoms with Crippen molar-refractivity contribution in [3.05, 3.63) is 35.1 Å². The van der Waals surface area contributed by atoms with Gasteiger partial charge in [-0.1, -0.05) is 24.4 Å². The molecule has 1 atom stereocenters. The second kappa shape index (κ2) is 6.27. The first-order valence-electron chi connectivity index (χ1n) is 6.65. The van der Waals surface area contributed by atoms with Crippen LogP contribution < -0.4 is 5.73 Å². The molecule has 7 heteroatoms. The number of nitrogens with zero attached hydrogens (tertiary/aromatic N) is 1. The molecule has 21 heavy (non-hydrogen) atoms. The largest absolute Gasteiger partial charge is 0.393 e. The van der Waals surface area contributed by atoms with E-state index < -0.39 is 17.9 Å². The number of hydrogen-bond acceptors (Lipinski definition) is 2. The number of benzene rings is 1. The Morgan fingerprint density at radius 2 is 2.10 bits per heavy atom. The fourth-order valence-electron chi connectivity index (χ4n) is 2.60. The van der Waals surface area contributed by atoms with Gasteiger partial charge in [0, 0.05) is 24.2 Å². The lowest BCUT2D eigenvalue weighted by Crippen LogP contribution is -2.41. The minimum absolute atomic E-state index is 0.0545. The van der Waals surface area contributed by atoms with E-state index in [0.717, 1.165) is 0 Å². The second-order valence-electron chi connectivity index (χ2n) is 5.26. The van der Waals surface area contributed by atoms with Crippen molar-refractivity contribution in [2.24, 2.45) is 11.7 Å². The molecule has 0 aromatic heterocycles. The minimum Gasteiger partial charge on any atom is -0.389 e. The highest BCUT2D eigenvalue weighted by Crippen LogP contribution is 2.33. The van der Waals surface area contributed by atoms with Crippen LogP contribution in [0.15, 0.2) is 18.2 Å².